The lowest BCUT2D eigenvalue weighted by atomic mass is 10.2. The second-order valence-corrected chi connectivity index (χ2v) is 5.05. The summed E-state index contributed by atoms with van der Waals surface area (Å²) >= 11 is 1.73. The van der Waals surface area contributed by atoms with Crippen LogP contribution in [0.15, 0.2) is 30.5 Å². The summed E-state index contributed by atoms with van der Waals surface area (Å²) in [6, 6.07) is 7.93. The second-order valence-electron chi connectivity index (χ2n) is 3.94. The zero-order chi connectivity index (χ0) is 12.8. The minimum atomic E-state index is 0.164. The number of nitrogens with zero attached hydrogens (tertiary/aromatic N) is 1. The van der Waals surface area contributed by atoms with E-state index in [9.17, 15) is 0 Å². The number of hydrogen-bond acceptors (Lipinski definition) is 4. The van der Waals surface area contributed by atoms with Gasteiger partial charge in [-0.1, -0.05) is 6.92 Å². The lowest BCUT2D eigenvalue weighted by Crippen LogP contribution is -1.99. The number of ether oxygens (including phenoxy) is 1. The number of thiazole rings is 1. The first-order valence-electron chi connectivity index (χ1n) is 6.12. The van der Waals surface area contributed by atoms with Gasteiger partial charge >= 0.3 is 0 Å². The Hall–Kier alpha value is -1.39. The molecule has 0 radical (unpaired) electrons. The van der Waals surface area contributed by atoms with Crippen molar-refractivity contribution in [2.45, 2.75) is 19.8 Å². The number of benzene rings is 1. The molecule has 0 spiro atoms. The Kier molecular flexibility index (Phi) is 4.73. The maximum atomic E-state index is 8.68. The molecule has 0 atom stereocenters. The fraction of sp³-hybridized carbons (Fsp3) is 0.357. The molecule has 0 unspecified atom stereocenters. The molecule has 0 aliphatic carbocycles. The van der Waals surface area contributed by atoms with Crippen LogP contribution in [0.4, 0.5) is 0 Å². The predicted octanol–water partition coefficient (Wildman–Crippen LogP) is 3.13. The highest BCUT2D eigenvalue weighted by Gasteiger charge is 2.03. The normalized spacial score (nSPS) is 10.6. The van der Waals surface area contributed by atoms with Gasteiger partial charge in [-0.3, -0.25) is 0 Å². The van der Waals surface area contributed by atoms with Crippen molar-refractivity contribution in [2.75, 3.05) is 13.2 Å². The Morgan fingerprint density at radius 2 is 2.06 bits per heavy atom. The van der Waals surface area contributed by atoms with Gasteiger partial charge in [-0.2, -0.15) is 0 Å². The standard InChI is InChI=1S/C14H17NO2S/c1-2-13-10-15-14(18-13)11-4-6-12(7-5-11)17-9-3-8-16/h4-7,10,16H,2-3,8-9H2,1H3. The molecule has 1 aromatic carbocycles. The molecule has 1 heterocycles. The average Bonchev–Trinajstić information content (AvgIpc) is 2.89. The predicted molar refractivity (Wildman–Crippen MR) is 74.1 cm³/mol. The van der Waals surface area contributed by atoms with Crippen molar-refractivity contribution >= 4 is 11.3 Å². The molecule has 0 amide bonds. The molecule has 3 nitrogen and oxygen atoms in total. The number of rotatable bonds is 6. The van der Waals surface area contributed by atoms with Gasteiger partial charge in [0, 0.05) is 29.7 Å². The largest absolute Gasteiger partial charge is 0.494 e. The highest BCUT2D eigenvalue weighted by Crippen LogP contribution is 2.27. The molecule has 2 rings (SSSR count). The Balaban J connectivity index is 2.02. The molecule has 0 saturated carbocycles. The molecule has 1 N–H and O–H groups in total. The Bertz CT molecular complexity index is 479. The number of aryl methyl sites for hydroxylation is 1. The van der Waals surface area contributed by atoms with E-state index in [4.69, 9.17) is 9.84 Å². The zero-order valence-corrected chi connectivity index (χ0v) is 11.2. The monoisotopic (exact) mass is 263 g/mol. The van der Waals surface area contributed by atoms with Crippen LogP contribution in [0.1, 0.15) is 18.2 Å². The third kappa shape index (κ3) is 3.31. The van der Waals surface area contributed by atoms with Crippen LogP contribution in [0.25, 0.3) is 10.6 Å². The maximum Gasteiger partial charge on any atom is 0.123 e. The number of aliphatic hydroxyl groups is 1. The minimum Gasteiger partial charge on any atom is -0.494 e. The third-order valence-corrected chi connectivity index (χ3v) is 3.77. The van der Waals surface area contributed by atoms with E-state index in [2.05, 4.69) is 11.9 Å². The molecule has 2 aromatic rings. The van der Waals surface area contributed by atoms with E-state index >= 15 is 0 Å². The number of aromatic nitrogens is 1. The van der Waals surface area contributed by atoms with Gasteiger partial charge in [-0.25, -0.2) is 4.98 Å². The molecular formula is C14H17NO2S. The summed E-state index contributed by atoms with van der Waals surface area (Å²) in [5.74, 6) is 0.833. The highest BCUT2D eigenvalue weighted by atomic mass is 32.1. The summed E-state index contributed by atoms with van der Waals surface area (Å²) in [5.41, 5.74) is 1.12. The van der Waals surface area contributed by atoms with Crippen LogP contribution in [0.5, 0.6) is 5.75 Å². The van der Waals surface area contributed by atoms with Gasteiger partial charge in [-0.15, -0.1) is 11.3 Å². The first-order chi connectivity index (χ1) is 8.83. The van der Waals surface area contributed by atoms with E-state index < -0.39 is 0 Å². The number of hydrogen-bond donors (Lipinski definition) is 1. The van der Waals surface area contributed by atoms with Crippen LogP contribution in [0.2, 0.25) is 0 Å². The van der Waals surface area contributed by atoms with E-state index in [1.807, 2.05) is 30.5 Å². The van der Waals surface area contributed by atoms with Crippen LogP contribution in [0, 0.1) is 0 Å². The van der Waals surface area contributed by atoms with E-state index in [0.29, 0.717) is 13.0 Å². The smallest absolute Gasteiger partial charge is 0.123 e. The number of aliphatic hydroxyl groups excluding tert-OH is 1. The van der Waals surface area contributed by atoms with Crippen molar-refractivity contribution in [1.29, 1.82) is 0 Å². The van der Waals surface area contributed by atoms with Gasteiger partial charge in [0.05, 0.1) is 6.61 Å². The SMILES string of the molecule is CCc1cnc(-c2ccc(OCCCO)cc2)s1. The average molecular weight is 263 g/mol. The van der Waals surface area contributed by atoms with E-state index in [-0.39, 0.29) is 6.61 Å². The quantitative estimate of drug-likeness (QED) is 0.814. The van der Waals surface area contributed by atoms with Crippen molar-refractivity contribution in [3.63, 3.8) is 0 Å². The van der Waals surface area contributed by atoms with Gasteiger partial charge in [0.25, 0.3) is 0 Å². The zero-order valence-electron chi connectivity index (χ0n) is 10.4. The van der Waals surface area contributed by atoms with Crippen LogP contribution < -0.4 is 4.74 Å². The first kappa shape index (κ1) is 13.1. The molecule has 0 fully saturated rings. The van der Waals surface area contributed by atoms with Gasteiger partial charge in [0.15, 0.2) is 0 Å². The van der Waals surface area contributed by atoms with Crippen molar-refractivity contribution in [3.05, 3.63) is 35.3 Å². The highest BCUT2D eigenvalue weighted by molar-refractivity contribution is 7.15. The minimum absolute atomic E-state index is 0.164. The Morgan fingerprint density at radius 3 is 2.67 bits per heavy atom. The molecular weight excluding hydrogens is 246 g/mol. The summed E-state index contributed by atoms with van der Waals surface area (Å²) < 4.78 is 5.49. The molecule has 0 saturated heterocycles. The summed E-state index contributed by atoms with van der Waals surface area (Å²) in [6.07, 6.45) is 3.62. The fourth-order valence-electron chi connectivity index (χ4n) is 1.55. The summed E-state index contributed by atoms with van der Waals surface area (Å²) in [5, 5.41) is 9.73. The molecule has 0 aliphatic heterocycles. The summed E-state index contributed by atoms with van der Waals surface area (Å²) in [4.78, 5) is 5.71. The molecule has 18 heavy (non-hydrogen) atoms. The van der Waals surface area contributed by atoms with E-state index in [1.54, 1.807) is 11.3 Å². The molecule has 0 aliphatic rings. The van der Waals surface area contributed by atoms with Gasteiger partial charge < -0.3 is 9.84 Å². The van der Waals surface area contributed by atoms with Crippen LogP contribution in [0.3, 0.4) is 0 Å². The van der Waals surface area contributed by atoms with Crippen molar-refractivity contribution in [2.24, 2.45) is 0 Å². The third-order valence-electron chi connectivity index (χ3n) is 2.57. The lowest BCUT2D eigenvalue weighted by molar-refractivity contribution is 0.233. The van der Waals surface area contributed by atoms with Crippen molar-refractivity contribution < 1.29 is 9.84 Å². The molecule has 1 aromatic heterocycles. The fourth-order valence-corrected chi connectivity index (χ4v) is 2.41. The lowest BCUT2D eigenvalue weighted by Gasteiger charge is -2.05. The second kappa shape index (κ2) is 6.52. The van der Waals surface area contributed by atoms with E-state index in [1.165, 1.54) is 4.88 Å². The van der Waals surface area contributed by atoms with Gasteiger partial charge in [-0.05, 0) is 30.7 Å². The first-order valence-corrected chi connectivity index (χ1v) is 6.94. The summed E-state index contributed by atoms with van der Waals surface area (Å²) in [7, 11) is 0. The van der Waals surface area contributed by atoms with Crippen LogP contribution in [-0.2, 0) is 6.42 Å². The molecule has 4 heteroatoms. The van der Waals surface area contributed by atoms with Crippen LogP contribution >= 0.6 is 11.3 Å². The topological polar surface area (TPSA) is 42.4 Å². The van der Waals surface area contributed by atoms with Gasteiger partial charge in [0.2, 0.25) is 0 Å². The van der Waals surface area contributed by atoms with Crippen molar-refractivity contribution in [1.82, 2.24) is 4.98 Å². The summed E-state index contributed by atoms with van der Waals surface area (Å²) in [6.45, 7) is 2.85. The van der Waals surface area contributed by atoms with Crippen LogP contribution in [-0.4, -0.2) is 23.3 Å². The Morgan fingerprint density at radius 1 is 1.28 bits per heavy atom. The Labute approximate surface area is 111 Å². The molecule has 96 valence electrons. The van der Waals surface area contributed by atoms with Gasteiger partial charge in [0.1, 0.15) is 10.8 Å². The van der Waals surface area contributed by atoms with Crippen molar-refractivity contribution in [3.8, 4) is 16.3 Å². The maximum absolute atomic E-state index is 8.68. The molecule has 0 bridgehead atoms. The van der Waals surface area contributed by atoms with E-state index in [0.717, 1.165) is 22.7 Å².